The molecule has 136 valence electrons. The molecule has 0 saturated heterocycles. The third-order valence-corrected chi connectivity index (χ3v) is 4.39. The Morgan fingerprint density at radius 3 is 2.58 bits per heavy atom. The number of methoxy groups -OCH3 is 2. The highest BCUT2D eigenvalue weighted by atomic mass is 16.7. The molecule has 2 aliphatic heterocycles. The predicted molar refractivity (Wildman–Crippen MR) is 87.5 cm³/mol. The van der Waals surface area contributed by atoms with Gasteiger partial charge in [0.05, 0.1) is 14.2 Å². The zero-order valence-corrected chi connectivity index (χ0v) is 14.0. The summed E-state index contributed by atoms with van der Waals surface area (Å²) >= 11 is 0. The zero-order chi connectivity index (χ0) is 18.4. The molecule has 0 aliphatic carbocycles. The minimum absolute atomic E-state index is 0.0321. The molecule has 0 saturated carbocycles. The van der Waals surface area contributed by atoms with Crippen molar-refractivity contribution in [2.45, 2.75) is 12.2 Å². The number of ether oxygens (including phenoxy) is 5. The highest BCUT2D eigenvalue weighted by molar-refractivity contribution is 6.06. The molecule has 2 heterocycles. The van der Waals surface area contributed by atoms with Crippen LogP contribution in [0.2, 0.25) is 0 Å². The second kappa shape index (κ2) is 5.99. The van der Waals surface area contributed by atoms with Crippen LogP contribution in [0.3, 0.4) is 0 Å². The van der Waals surface area contributed by atoms with Crippen molar-refractivity contribution in [3.05, 3.63) is 35.4 Å². The molecule has 0 amide bonds. The number of carbonyl (C=O) groups is 1. The molecule has 0 unspecified atom stereocenters. The number of hydrogen-bond donors (Lipinski definition) is 2. The molecule has 2 atom stereocenters. The lowest BCUT2D eigenvalue weighted by molar-refractivity contribution is 0.0208. The van der Waals surface area contributed by atoms with Crippen LogP contribution in [-0.4, -0.2) is 43.1 Å². The molecule has 0 aromatic heterocycles. The monoisotopic (exact) mass is 360 g/mol. The van der Waals surface area contributed by atoms with Crippen LogP contribution in [0.1, 0.15) is 22.0 Å². The second-order valence-corrected chi connectivity index (χ2v) is 5.79. The molecule has 4 rings (SSSR count). The summed E-state index contributed by atoms with van der Waals surface area (Å²) in [4.78, 5) is 12.7. The first-order valence-corrected chi connectivity index (χ1v) is 7.81. The van der Waals surface area contributed by atoms with Gasteiger partial charge in [0.25, 0.3) is 0 Å². The molecule has 2 aromatic rings. The van der Waals surface area contributed by atoms with Gasteiger partial charge in [0.2, 0.25) is 18.3 Å². The quantitative estimate of drug-likeness (QED) is 0.854. The predicted octanol–water partition coefficient (Wildman–Crippen LogP) is 1.82. The number of fused-ring (bicyclic) bond motifs is 2. The molecule has 8 heteroatoms. The van der Waals surface area contributed by atoms with E-state index in [0.29, 0.717) is 17.1 Å². The van der Waals surface area contributed by atoms with E-state index in [9.17, 15) is 15.0 Å². The van der Waals surface area contributed by atoms with Crippen LogP contribution in [0.4, 0.5) is 0 Å². The summed E-state index contributed by atoms with van der Waals surface area (Å²) < 4.78 is 26.7. The van der Waals surface area contributed by atoms with Crippen molar-refractivity contribution in [1.29, 1.82) is 0 Å². The normalized spacial score (nSPS) is 20.3. The fourth-order valence-electron chi connectivity index (χ4n) is 3.11. The standard InChI is InChI=1S/C18H16O8/c1-22-12-6-11-13(18(23-2)14(12)19)15(20)16(21)17(26-11)8-3-4-9-10(5-8)25-7-24-9/h3-6,16-17,19,21H,7H2,1-2H3/t16-,17-/m0/s1. The summed E-state index contributed by atoms with van der Waals surface area (Å²) in [5.41, 5.74) is 0.516. The van der Waals surface area contributed by atoms with Gasteiger partial charge in [-0.25, -0.2) is 0 Å². The molecule has 2 aromatic carbocycles. The summed E-state index contributed by atoms with van der Waals surface area (Å²) in [5, 5.41) is 20.7. The van der Waals surface area contributed by atoms with E-state index < -0.39 is 18.0 Å². The van der Waals surface area contributed by atoms with E-state index in [4.69, 9.17) is 23.7 Å². The lowest BCUT2D eigenvalue weighted by Crippen LogP contribution is -2.36. The number of hydrogen-bond acceptors (Lipinski definition) is 8. The first-order valence-electron chi connectivity index (χ1n) is 7.81. The number of phenols is 1. The average molecular weight is 360 g/mol. The van der Waals surface area contributed by atoms with Gasteiger partial charge in [0.1, 0.15) is 11.3 Å². The third-order valence-electron chi connectivity index (χ3n) is 4.39. The van der Waals surface area contributed by atoms with Crippen molar-refractivity contribution in [1.82, 2.24) is 0 Å². The SMILES string of the molecule is COc1cc2c(c(OC)c1O)C(=O)[C@H](O)[C@H](c1ccc3c(c1)OCO3)O2. The summed E-state index contributed by atoms with van der Waals surface area (Å²) in [6.45, 7) is 0.113. The Morgan fingerprint density at radius 2 is 1.85 bits per heavy atom. The molecule has 26 heavy (non-hydrogen) atoms. The molecule has 8 nitrogen and oxygen atoms in total. The number of rotatable bonds is 3. The van der Waals surface area contributed by atoms with E-state index in [1.54, 1.807) is 18.2 Å². The summed E-state index contributed by atoms with van der Waals surface area (Å²) in [6.07, 6.45) is -2.44. The number of Topliss-reactive ketones (excluding diaryl/α,β-unsaturated/α-hetero) is 1. The van der Waals surface area contributed by atoms with Crippen LogP contribution in [0.5, 0.6) is 34.5 Å². The Balaban J connectivity index is 1.80. The summed E-state index contributed by atoms with van der Waals surface area (Å²) in [5.74, 6) is 0.274. The van der Waals surface area contributed by atoms with Gasteiger partial charge in [-0.2, -0.15) is 0 Å². The fraction of sp³-hybridized carbons (Fsp3) is 0.278. The minimum atomic E-state index is -1.48. The molecule has 2 aliphatic rings. The van der Waals surface area contributed by atoms with E-state index in [0.717, 1.165) is 0 Å². The summed E-state index contributed by atoms with van der Waals surface area (Å²) in [7, 11) is 2.67. The highest BCUT2D eigenvalue weighted by Gasteiger charge is 2.41. The number of aliphatic hydroxyl groups is 1. The van der Waals surface area contributed by atoms with E-state index >= 15 is 0 Å². The van der Waals surface area contributed by atoms with E-state index in [1.165, 1.54) is 20.3 Å². The minimum Gasteiger partial charge on any atom is -0.502 e. The van der Waals surface area contributed by atoms with E-state index in [1.807, 2.05) is 0 Å². The Kier molecular flexibility index (Phi) is 3.77. The molecule has 2 N–H and O–H groups in total. The molecule has 0 radical (unpaired) electrons. The van der Waals surface area contributed by atoms with Crippen molar-refractivity contribution in [2.75, 3.05) is 21.0 Å². The average Bonchev–Trinajstić information content (AvgIpc) is 3.12. The van der Waals surface area contributed by atoms with Gasteiger partial charge in [0.15, 0.2) is 35.2 Å². The van der Waals surface area contributed by atoms with Crippen molar-refractivity contribution in [2.24, 2.45) is 0 Å². The molecule has 0 spiro atoms. The Morgan fingerprint density at radius 1 is 1.08 bits per heavy atom. The summed E-state index contributed by atoms with van der Waals surface area (Å²) in [6, 6.07) is 6.42. The van der Waals surface area contributed by atoms with Crippen molar-refractivity contribution >= 4 is 5.78 Å². The molecular formula is C18H16O8. The largest absolute Gasteiger partial charge is 0.502 e. The third kappa shape index (κ3) is 2.30. The lowest BCUT2D eigenvalue weighted by atomic mass is 9.92. The van der Waals surface area contributed by atoms with Gasteiger partial charge in [-0.15, -0.1) is 0 Å². The van der Waals surface area contributed by atoms with Crippen LogP contribution in [-0.2, 0) is 0 Å². The Hall–Kier alpha value is -3.13. The molecular weight excluding hydrogens is 344 g/mol. The second-order valence-electron chi connectivity index (χ2n) is 5.79. The van der Waals surface area contributed by atoms with Gasteiger partial charge in [0, 0.05) is 6.07 Å². The number of carbonyl (C=O) groups excluding carboxylic acids is 1. The van der Waals surface area contributed by atoms with Gasteiger partial charge in [-0.05, 0) is 17.7 Å². The Labute approximate surface area is 148 Å². The number of benzene rings is 2. The van der Waals surface area contributed by atoms with Gasteiger partial charge in [-0.1, -0.05) is 6.07 Å². The van der Waals surface area contributed by atoms with Crippen LogP contribution in [0.25, 0.3) is 0 Å². The van der Waals surface area contributed by atoms with E-state index in [2.05, 4.69) is 0 Å². The van der Waals surface area contributed by atoms with Crippen molar-refractivity contribution in [3.8, 4) is 34.5 Å². The first-order chi connectivity index (χ1) is 12.5. The topological polar surface area (TPSA) is 104 Å². The van der Waals surface area contributed by atoms with Gasteiger partial charge < -0.3 is 33.9 Å². The smallest absolute Gasteiger partial charge is 0.231 e. The Bertz CT molecular complexity index is 891. The number of phenolic OH excluding ortho intramolecular Hbond substituents is 1. The van der Waals surface area contributed by atoms with Crippen LogP contribution in [0, 0.1) is 0 Å². The van der Waals surface area contributed by atoms with E-state index in [-0.39, 0.29) is 35.4 Å². The zero-order valence-electron chi connectivity index (χ0n) is 14.0. The fourth-order valence-corrected chi connectivity index (χ4v) is 3.11. The lowest BCUT2D eigenvalue weighted by Gasteiger charge is -2.31. The van der Waals surface area contributed by atoms with Crippen molar-refractivity contribution in [3.63, 3.8) is 0 Å². The van der Waals surface area contributed by atoms with Gasteiger partial charge >= 0.3 is 0 Å². The maximum atomic E-state index is 12.7. The van der Waals surface area contributed by atoms with Crippen LogP contribution >= 0.6 is 0 Å². The molecule has 0 bridgehead atoms. The maximum Gasteiger partial charge on any atom is 0.231 e. The van der Waals surface area contributed by atoms with Crippen LogP contribution < -0.4 is 23.7 Å². The maximum absolute atomic E-state index is 12.7. The number of ketones is 1. The number of aromatic hydroxyl groups is 1. The van der Waals surface area contributed by atoms with Gasteiger partial charge in [-0.3, -0.25) is 4.79 Å². The first kappa shape index (κ1) is 16.3. The number of aliphatic hydroxyl groups excluding tert-OH is 1. The van der Waals surface area contributed by atoms with Crippen molar-refractivity contribution < 1.29 is 38.7 Å². The molecule has 0 fully saturated rings. The van der Waals surface area contributed by atoms with Crippen LogP contribution in [0.15, 0.2) is 24.3 Å². The highest BCUT2D eigenvalue weighted by Crippen LogP contribution is 2.49.